The van der Waals surface area contributed by atoms with Crippen molar-refractivity contribution in [3.63, 3.8) is 0 Å². The van der Waals surface area contributed by atoms with Crippen LogP contribution in [0.3, 0.4) is 0 Å². The number of alkyl halides is 5. The van der Waals surface area contributed by atoms with E-state index in [1.807, 2.05) is 0 Å². The molecule has 1 N–H and O–H groups in total. The van der Waals surface area contributed by atoms with Gasteiger partial charge >= 0.3 is 6.18 Å². The molecule has 0 fully saturated rings. The number of amides is 1. The first-order valence-electron chi connectivity index (χ1n) is 10.3. The van der Waals surface area contributed by atoms with Crippen molar-refractivity contribution in [2.24, 2.45) is 0 Å². The van der Waals surface area contributed by atoms with Gasteiger partial charge in [-0.15, -0.1) is 0 Å². The lowest BCUT2D eigenvalue weighted by molar-refractivity contribution is -0.137. The van der Waals surface area contributed by atoms with Gasteiger partial charge < -0.3 is 5.32 Å². The van der Waals surface area contributed by atoms with Crippen LogP contribution in [0.2, 0.25) is 0 Å². The Morgan fingerprint density at radius 1 is 1.00 bits per heavy atom. The fourth-order valence-corrected chi connectivity index (χ4v) is 3.43. The lowest BCUT2D eigenvalue weighted by Crippen LogP contribution is -2.16. The molecule has 0 saturated heterocycles. The zero-order valence-corrected chi connectivity index (χ0v) is 18.4. The molecule has 0 aliphatic heterocycles. The van der Waals surface area contributed by atoms with Crippen LogP contribution in [0.5, 0.6) is 0 Å². The van der Waals surface area contributed by atoms with Gasteiger partial charge in [0.05, 0.1) is 40.1 Å². The van der Waals surface area contributed by atoms with Gasteiger partial charge in [-0.2, -0.15) is 18.3 Å². The van der Waals surface area contributed by atoms with Gasteiger partial charge in [-0.1, -0.05) is 12.1 Å². The zero-order valence-electron chi connectivity index (χ0n) is 18.4. The minimum Gasteiger partial charge on any atom is -0.319 e. The number of hydrogen-bond donors (Lipinski definition) is 1. The van der Waals surface area contributed by atoms with Crippen molar-refractivity contribution in [2.45, 2.75) is 25.9 Å². The monoisotopic (exact) mass is 487 g/mol. The van der Waals surface area contributed by atoms with Gasteiger partial charge in [0.25, 0.3) is 11.8 Å². The Bertz CT molecular complexity index is 1380. The van der Waals surface area contributed by atoms with Crippen LogP contribution in [0.4, 0.5) is 27.6 Å². The number of anilines is 1. The summed E-state index contributed by atoms with van der Waals surface area (Å²) in [5.41, 5.74) is -0.745. The average Bonchev–Trinajstić information content (AvgIpc) is 3.18. The number of benzene rings is 1. The van der Waals surface area contributed by atoms with Crippen LogP contribution in [0.25, 0.3) is 16.9 Å². The highest BCUT2D eigenvalue weighted by molar-refractivity contribution is 6.04. The molecule has 0 aliphatic rings. The van der Waals surface area contributed by atoms with Crippen LogP contribution in [0.15, 0.2) is 67.3 Å². The van der Waals surface area contributed by atoms with E-state index in [0.29, 0.717) is 24.2 Å². The maximum absolute atomic E-state index is 13.7. The molecule has 0 unspecified atom stereocenters. The van der Waals surface area contributed by atoms with Crippen molar-refractivity contribution in [2.75, 3.05) is 5.32 Å². The predicted octanol–water partition coefficient (Wildman–Crippen LogP) is 6.02. The minimum absolute atomic E-state index is 0.149. The van der Waals surface area contributed by atoms with Crippen LogP contribution in [0, 0.1) is 6.92 Å². The smallest absolute Gasteiger partial charge is 0.319 e. The number of hydrogen-bond acceptors (Lipinski definition) is 4. The second-order valence-electron chi connectivity index (χ2n) is 7.80. The first-order valence-corrected chi connectivity index (χ1v) is 10.3. The van der Waals surface area contributed by atoms with Crippen molar-refractivity contribution in [3.8, 4) is 16.9 Å². The summed E-state index contributed by atoms with van der Waals surface area (Å²) in [5.74, 6) is -4.01. The van der Waals surface area contributed by atoms with E-state index in [-0.39, 0.29) is 16.9 Å². The van der Waals surface area contributed by atoms with E-state index in [4.69, 9.17) is 0 Å². The molecule has 0 atom stereocenters. The lowest BCUT2D eigenvalue weighted by atomic mass is 10.0. The summed E-state index contributed by atoms with van der Waals surface area (Å²) in [7, 11) is 0. The van der Waals surface area contributed by atoms with Crippen LogP contribution in [0.1, 0.15) is 34.1 Å². The van der Waals surface area contributed by atoms with E-state index in [1.165, 1.54) is 19.3 Å². The highest BCUT2D eigenvalue weighted by atomic mass is 19.4. The molecule has 0 saturated carbocycles. The first-order chi connectivity index (χ1) is 16.4. The molecule has 3 heterocycles. The van der Waals surface area contributed by atoms with Crippen LogP contribution < -0.4 is 5.32 Å². The SMILES string of the molecule is Cc1c(NC(=O)c2cncc(-c3ccccn3)c2)cnn1-c1ccc(C(C)(F)F)cc1C(F)(F)F. The lowest BCUT2D eigenvalue weighted by Gasteiger charge is -2.18. The molecule has 35 heavy (non-hydrogen) atoms. The molecule has 0 spiro atoms. The Morgan fingerprint density at radius 3 is 2.43 bits per heavy atom. The number of rotatable bonds is 5. The molecule has 1 aromatic carbocycles. The van der Waals surface area contributed by atoms with E-state index in [0.717, 1.165) is 16.8 Å². The van der Waals surface area contributed by atoms with E-state index in [9.17, 15) is 26.7 Å². The van der Waals surface area contributed by atoms with Crippen molar-refractivity contribution in [1.82, 2.24) is 19.7 Å². The normalized spacial score (nSPS) is 12.0. The number of carbonyl (C=O) groups excluding carboxylic acids is 1. The molecule has 11 heteroatoms. The largest absolute Gasteiger partial charge is 0.418 e. The highest BCUT2D eigenvalue weighted by Crippen LogP contribution is 2.38. The van der Waals surface area contributed by atoms with Gasteiger partial charge in [0.15, 0.2) is 0 Å². The number of aromatic nitrogens is 4. The maximum Gasteiger partial charge on any atom is 0.418 e. The first kappa shape index (κ1) is 24.0. The fraction of sp³-hybridized carbons (Fsp3) is 0.167. The topological polar surface area (TPSA) is 72.7 Å². The Hall–Kier alpha value is -4.15. The summed E-state index contributed by atoms with van der Waals surface area (Å²) < 4.78 is 69.3. The van der Waals surface area contributed by atoms with E-state index >= 15 is 0 Å². The summed E-state index contributed by atoms with van der Waals surface area (Å²) >= 11 is 0. The predicted molar refractivity (Wildman–Crippen MR) is 118 cm³/mol. The van der Waals surface area contributed by atoms with Crippen molar-refractivity contribution in [1.29, 1.82) is 0 Å². The summed E-state index contributed by atoms with van der Waals surface area (Å²) in [6.07, 6.45) is 0.766. The van der Waals surface area contributed by atoms with E-state index < -0.39 is 34.8 Å². The van der Waals surface area contributed by atoms with Crippen LogP contribution >= 0.6 is 0 Å². The summed E-state index contributed by atoms with van der Waals surface area (Å²) in [6, 6.07) is 9.12. The molecule has 4 aromatic rings. The third-order valence-corrected chi connectivity index (χ3v) is 5.26. The van der Waals surface area contributed by atoms with Gasteiger partial charge in [0, 0.05) is 36.6 Å². The summed E-state index contributed by atoms with van der Waals surface area (Å²) in [4.78, 5) is 21.1. The molecular formula is C24H18F5N5O. The molecule has 3 aromatic heterocycles. The van der Waals surface area contributed by atoms with Gasteiger partial charge in [0.1, 0.15) is 0 Å². The molecule has 0 bridgehead atoms. The van der Waals surface area contributed by atoms with Gasteiger partial charge in [0.2, 0.25) is 0 Å². The van der Waals surface area contributed by atoms with Crippen molar-refractivity contribution >= 4 is 11.6 Å². The number of carbonyl (C=O) groups is 1. The standard InChI is InChI=1S/C24H18F5N5O/c1-14-20(33-22(35)16-9-15(11-30-12-16)19-5-3-4-8-31-19)13-32-34(14)21-7-6-17(23(2,25)26)10-18(21)24(27,28)29/h3-13H,1-2H3,(H,33,35). The highest BCUT2D eigenvalue weighted by Gasteiger charge is 2.37. The third-order valence-electron chi connectivity index (χ3n) is 5.26. The van der Waals surface area contributed by atoms with Gasteiger partial charge in [-0.05, 0) is 37.3 Å². The Morgan fingerprint density at radius 2 is 1.77 bits per heavy atom. The Balaban J connectivity index is 1.65. The number of halogens is 5. The Labute approximate surface area is 196 Å². The van der Waals surface area contributed by atoms with Crippen molar-refractivity contribution < 1.29 is 26.7 Å². The van der Waals surface area contributed by atoms with Crippen LogP contribution in [-0.4, -0.2) is 25.7 Å². The molecule has 1 amide bonds. The van der Waals surface area contributed by atoms with E-state index in [1.54, 1.807) is 36.7 Å². The zero-order chi connectivity index (χ0) is 25.4. The van der Waals surface area contributed by atoms with Crippen LogP contribution in [-0.2, 0) is 12.1 Å². The molecular weight excluding hydrogens is 469 g/mol. The number of pyridine rings is 2. The summed E-state index contributed by atoms with van der Waals surface area (Å²) in [6.45, 7) is 1.97. The molecule has 6 nitrogen and oxygen atoms in total. The molecule has 180 valence electrons. The second kappa shape index (κ2) is 8.90. The van der Waals surface area contributed by atoms with E-state index in [2.05, 4.69) is 20.4 Å². The Kier molecular flexibility index (Phi) is 6.10. The number of nitrogens with zero attached hydrogens (tertiary/aromatic N) is 4. The van der Waals surface area contributed by atoms with Gasteiger partial charge in [-0.3, -0.25) is 14.8 Å². The molecule has 0 radical (unpaired) electrons. The quantitative estimate of drug-likeness (QED) is 0.350. The minimum atomic E-state index is -4.91. The number of nitrogens with one attached hydrogen (secondary N) is 1. The molecule has 4 rings (SSSR count). The maximum atomic E-state index is 13.7. The summed E-state index contributed by atoms with van der Waals surface area (Å²) in [5, 5.41) is 6.56. The van der Waals surface area contributed by atoms with Crippen molar-refractivity contribution in [3.05, 3.63) is 89.6 Å². The van der Waals surface area contributed by atoms with Gasteiger partial charge in [-0.25, -0.2) is 13.5 Å². The fourth-order valence-electron chi connectivity index (χ4n) is 3.43. The second-order valence-corrected chi connectivity index (χ2v) is 7.80. The molecule has 0 aliphatic carbocycles. The average molecular weight is 487 g/mol. The third kappa shape index (κ3) is 5.03.